The van der Waals surface area contributed by atoms with E-state index in [9.17, 15) is 4.89 Å². The van der Waals surface area contributed by atoms with Gasteiger partial charge in [0, 0.05) is 6.54 Å². The molecule has 0 bridgehead atoms. The highest BCUT2D eigenvalue weighted by Gasteiger charge is 2.44. The number of hydrazine groups is 1. The fourth-order valence-electron chi connectivity index (χ4n) is 3.39. The highest BCUT2D eigenvalue weighted by molar-refractivity contribution is 7.70. The van der Waals surface area contributed by atoms with Crippen molar-refractivity contribution in [2.24, 2.45) is 0 Å². The van der Waals surface area contributed by atoms with E-state index < -0.39 is 7.87 Å². The molecule has 1 N–H and O–H groups in total. The van der Waals surface area contributed by atoms with Crippen LogP contribution in [-0.4, -0.2) is 31.9 Å². The number of fused-ring (bicyclic) bond motifs is 2. The van der Waals surface area contributed by atoms with Crippen molar-refractivity contribution in [3.05, 3.63) is 53.6 Å². The molecule has 7 heteroatoms. The summed E-state index contributed by atoms with van der Waals surface area (Å²) >= 11 is 0. The summed E-state index contributed by atoms with van der Waals surface area (Å²) in [6.45, 7) is 1.06. The summed E-state index contributed by atoms with van der Waals surface area (Å²) in [4.78, 5) is 13.2. The van der Waals surface area contributed by atoms with Crippen LogP contribution in [0.25, 0.3) is 0 Å². The molecular weight excluding hydrogens is 339 g/mol. The summed E-state index contributed by atoms with van der Waals surface area (Å²) in [6.07, 6.45) is 0.803. The highest BCUT2D eigenvalue weighted by Crippen LogP contribution is 2.50. The monoisotopic (exact) mass is 360 g/mol. The Labute approximate surface area is 147 Å². The third-order valence-electron chi connectivity index (χ3n) is 4.75. The molecule has 2 aliphatic heterocycles. The van der Waals surface area contributed by atoms with E-state index >= 15 is 0 Å². The second kappa shape index (κ2) is 6.56. The Balaban J connectivity index is 1.61. The van der Waals surface area contributed by atoms with E-state index in [4.69, 9.17) is 14.0 Å². The van der Waals surface area contributed by atoms with Gasteiger partial charge < -0.3 is 14.4 Å². The van der Waals surface area contributed by atoms with Gasteiger partial charge in [-0.15, -0.1) is 0 Å². The normalized spacial score (nSPS) is 25.8. The van der Waals surface area contributed by atoms with Crippen LogP contribution in [-0.2, 0) is 17.5 Å². The molecule has 25 heavy (non-hydrogen) atoms. The number of hydrogen-bond donors (Lipinski definition) is 1. The van der Waals surface area contributed by atoms with E-state index in [0.717, 1.165) is 17.7 Å². The lowest BCUT2D eigenvalue weighted by molar-refractivity contribution is -0.206. The molecule has 2 heterocycles. The Morgan fingerprint density at radius 3 is 2.48 bits per heavy atom. The lowest BCUT2D eigenvalue weighted by atomic mass is 9.95. The zero-order valence-electron chi connectivity index (χ0n) is 14.3. The summed E-state index contributed by atoms with van der Waals surface area (Å²) in [6, 6.07) is 13.5. The SMILES string of the molecule is COc1cc2c(cc1OC)CN1N[P+]([O-])(c3ccccc3)OC[C@H]1C2. The molecule has 2 atom stereocenters. The van der Waals surface area contributed by atoms with Crippen molar-refractivity contribution in [3.63, 3.8) is 0 Å². The molecule has 0 spiro atoms. The number of nitrogens with zero attached hydrogens (tertiary/aromatic N) is 1. The van der Waals surface area contributed by atoms with Gasteiger partial charge in [0.15, 0.2) is 11.5 Å². The number of benzene rings is 2. The summed E-state index contributed by atoms with van der Waals surface area (Å²) < 4.78 is 16.6. The first-order valence-corrected chi connectivity index (χ1v) is 9.84. The van der Waals surface area contributed by atoms with Gasteiger partial charge in [0.05, 0.1) is 20.3 Å². The van der Waals surface area contributed by atoms with Crippen LogP contribution in [0.2, 0.25) is 0 Å². The number of rotatable bonds is 3. The fraction of sp³-hybridized carbons (Fsp3) is 0.333. The van der Waals surface area contributed by atoms with Gasteiger partial charge in [0.25, 0.3) is 0 Å². The maximum absolute atomic E-state index is 13.2. The second-order valence-corrected chi connectivity index (χ2v) is 8.32. The van der Waals surface area contributed by atoms with Crippen molar-refractivity contribution >= 4 is 13.2 Å². The summed E-state index contributed by atoms with van der Waals surface area (Å²) in [5.41, 5.74) is 2.35. The molecule has 0 radical (unpaired) electrons. The Bertz CT molecular complexity index is 773. The van der Waals surface area contributed by atoms with Crippen LogP contribution in [0.5, 0.6) is 11.5 Å². The topological polar surface area (TPSA) is 66.0 Å². The predicted octanol–water partition coefficient (Wildman–Crippen LogP) is 1.41. The zero-order valence-corrected chi connectivity index (χ0v) is 15.2. The molecule has 1 unspecified atom stereocenters. The Morgan fingerprint density at radius 1 is 1.12 bits per heavy atom. The molecule has 2 aromatic rings. The van der Waals surface area contributed by atoms with E-state index in [1.807, 2.05) is 47.5 Å². The fourth-order valence-corrected chi connectivity index (χ4v) is 5.23. The minimum atomic E-state index is -3.08. The molecular formula is C18H21N2O4P. The molecule has 2 aliphatic rings. The lowest BCUT2D eigenvalue weighted by Crippen LogP contribution is -2.58. The third-order valence-corrected chi connectivity index (χ3v) is 6.76. The minimum Gasteiger partial charge on any atom is -0.636 e. The van der Waals surface area contributed by atoms with Gasteiger partial charge in [-0.3, -0.25) is 0 Å². The third kappa shape index (κ3) is 3.01. The maximum atomic E-state index is 13.2. The predicted molar refractivity (Wildman–Crippen MR) is 94.7 cm³/mol. The first kappa shape index (κ1) is 16.8. The number of methoxy groups -OCH3 is 2. The van der Waals surface area contributed by atoms with Crippen LogP contribution < -0.4 is 24.9 Å². The van der Waals surface area contributed by atoms with Gasteiger partial charge in [0.1, 0.15) is 11.9 Å². The molecule has 132 valence electrons. The smallest absolute Gasteiger partial charge is 0.220 e. The summed E-state index contributed by atoms with van der Waals surface area (Å²) in [5.74, 6) is 1.44. The van der Waals surface area contributed by atoms with Gasteiger partial charge in [-0.2, -0.15) is 0 Å². The van der Waals surface area contributed by atoms with Crippen molar-refractivity contribution in [2.75, 3.05) is 20.8 Å². The average Bonchev–Trinajstić information content (AvgIpc) is 2.66. The summed E-state index contributed by atoms with van der Waals surface area (Å²) in [7, 11) is 0.190. The average molecular weight is 360 g/mol. The van der Waals surface area contributed by atoms with Gasteiger partial charge in [0.2, 0.25) is 7.87 Å². The number of nitrogens with one attached hydrogen (secondary N) is 1. The second-order valence-electron chi connectivity index (χ2n) is 6.24. The quantitative estimate of drug-likeness (QED) is 0.835. The standard InChI is InChI=1S/C18H21N2O4P/c1-22-17-9-13-8-15-12-24-25(21,16-6-4-3-5-7-16)19-20(15)11-14(13)10-18(17)23-2/h3-7,9-10,15H,8,11-12H2,1-2H3,(H,19,21)/t15-,25?/m1/s1. The van der Waals surface area contributed by atoms with E-state index in [1.165, 1.54) is 5.56 Å². The Morgan fingerprint density at radius 2 is 1.80 bits per heavy atom. The van der Waals surface area contributed by atoms with Crippen molar-refractivity contribution < 1.29 is 18.9 Å². The Hall–Kier alpha value is -1.69. The van der Waals surface area contributed by atoms with Crippen LogP contribution >= 0.6 is 7.87 Å². The molecule has 0 aliphatic carbocycles. The molecule has 4 rings (SSSR count). The van der Waals surface area contributed by atoms with Crippen molar-refractivity contribution in [1.82, 2.24) is 10.2 Å². The number of ether oxygens (including phenoxy) is 2. The zero-order chi connectivity index (χ0) is 17.4. The van der Waals surface area contributed by atoms with Gasteiger partial charge in [-0.25, -0.2) is 9.53 Å². The molecule has 6 nitrogen and oxygen atoms in total. The van der Waals surface area contributed by atoms with Crippen molar-refractivity contribution in [2.45, 2.75) is 19.0 Å². The molecule has 0 amide bonds. The molecule has 1 saturated heterocycles. The highest BCUT2D eigenvalue weighted by atomic mass is 31.2. The largest absolute Gasteiger partial charge is 0.636 e. The Kier molecular flexibility index (Phi) is 4.40. The van der Waals surface area contributed by atoms with Gasteiger partial charge in [-0.1, -0.05) is 23.4 Å². The van der Waals surface area contributed by atoms with Crippen LogP contribution in [0.15, 0.2) is 42.5 Å². The molecule has 2 aromatic carbocycles. The maximum Gasteiger partial charge on any atom is 0.220 e. The van der Waals surface area contributed by atoms with Crippen LogP contribution in [0.4, 0.5) is 0 Å². The van der Waals surface area contributed by atoms with E-state index in [0.29, 0.717) is 24.2 Å². The number of hydrogen-bond acceptors (Lipinski definition) is 6. The van der Waals surface area contributed by atoms with Crippen LogP contribution in [0.3, 0.4) is 0 Å². The van der Waals surface area contributed by atoms with E-state index in [-0.39, 0.29) is 6.04 Å². The molecule has 0 aromatic heterocycles. The first-order chi connectivity index (χ1) is 12.1. The summed E-state index contributed by atoms with van der Waals surface area (Å²) in [5, 5.41) is 5.87. The van der Waals surface area contributed by atoms with E-state index in [1.54, 1.807) is 14.2 Å². The van der Waals surface area contributed by atoms with Crippen LogP contribution in [0.1, 0.15) is 11.1 Å². The minimum absolute atomic E-state index is 0.136. The van der Waals surface area contributed by atoms with Crippen LogP contribution in [0, 0.1) is 0 Å². The van der Waals surface area contributed by atoms with Gasteiger partial charge >= 0.3 is 0 Å². The first-order valence-electron chi connectivity index (χ1n) is 8.21. The lowest BCUT2D eigenvalue weighted by Gasteiger charge is -2.45. The van der Waals surface area contributed by atoms with Gasteiger partial charge in [-0.05, 0) is 41.8 Å². The molecule has 1 fully saturated rings. The molecule has 0 saturated carbocycles. The van der Waals surface area contributed by atoms with E-state index in [2.05, 4.69) is 5.20 Å². The van der Waals surface area contributed by atoms with Crippen molar-refractivity contribution in [1.29, 1.82) is 0 Å². The van der Waals surface area contributed by atoms with Crippen molar-refractivity contribution in [3.8, 4) is 11.5 Å².